The van der Waals surface area contributed by atoms with Crippen molar-refractivity contribution in [1.29, 1.82) is 0 Å². The van der Waals surface area contributed by atoms with E-state index in [1.54, 1.807) is 19.0 Å². The number of carbonyl (C=O) groups is 3. The van der Waals surface area contributed by atoms with Gasteiger partial charge in [0.1, 0.15) is 22.8 Å². The van der Waals surface area contributed by atoms with Crippen LogP contribution in [0, 0.1) is 11.8 Å². The fraction of sp³-hybridized carbons (Fsp3) is 0.375. The van der Waals surface area contributed by atoms with Crippen LogP contribution in [0.2, 0.25) is 0 Å². The smallest absolute Gasteiger partial charge is 0.416 e. The Kier molecular flexibility index (Phi) is 9.10. The minimum atomic E-state index is -5.13. The van der Waals surface area contributed by atoms with Gasteiger partial charge in [0.25, 0.3) is 5.91 Å². The third-order valence-electron chi connectivity index (χ3n) is 9.27. The van der Waals surface area contributed by atoms with Gasteiger partial charge in [0.2, 0.25) is 5.78 Å². The molecule has 0 saturated heterocycles. The maximum absolute atomic E-state index is 14.1. The van der Waals surface area contributed by atoms with Gasteiger partial charge in [-0.3, -0.25) is 19.3 Å². The summed E-state index contributed by atoms with van der Waals surface area (Å²) >= 11 is 5.15. The van der Waals surface area contributed by atoms with Crippen molar-refractivity contribution in [3.8, 4) is 5.75 Å². The number of nitrogens with zero attached hydrogens (tertiary/aromatic N) is 2. The third kappa shape index (κ3) is 6.12. The molecule has 3 aliphatic carbocycles. The minimum Gasteiger partial charge on any atom is -0.508 e. The Morgan fingerprint density at radius 3 is 2.02 bits per heavy atom. The second-order valence-corrected chi connectivity index (χ2v) is 13.3. The van der Waals surface area contributed by atoms with E-state index in [0.29, 0.717) is 23.4 Å². The lowest BCUT2D eigenvalue weighted by atomic mass is 9.57. The lowest BCUT2D eigenvalue weighted by molar-refractivity contribution is -0.153. The molecule has 2 aromatic carbocycles. The van der Waals surface area contributed by atoms with Gasteiger partial charge in [-0.15, -0.1) is 0 Å². The summed E-state index contributed by atoms with van der Waals surface area (Å²) in [5.41, 5.74) is -2.87. The van der Waals surface area contributed by atoms with E-state index in [1.165, 1.54) is 25.1 Å². The first-order valence-corrected chi connectivity index (χ1v) is 15.4. The van der Waals surface area contributed by atoms with E-state index >= 15 is 0 Å². The van der Waals surface area contributed by atoms with E-state index in [2.05, 4.69) is 10.6 Å². The highest BCUT2D eigenvalue weighted by Gasteiger charge is 2.64. The number of halogens is 6. The Bertz CT molecular complexity index is 1930. The first-order chi connectivity index (χ1) is 23.4. The first-order valence-electron chi connectivity index (χ1n) is 15.0. The highest BCUT2D eigenvalue weighted by Crippen LogP contribution is 2.54. The second-order valence-electron chi connectivity index (χ2n) is 12.9. The van der Waals surface area contributed by atoms with Crippen LogP contribution in [0.5, 0.6) is 5.75 Å². The third-order valence-corrected chi connectivity index (χ3v) is 9.48. The molecule has 1 fully saturated rings. The van der Waals surface area contributed by atoms with Crippen molar-refractivity contribution in [3.63, 3.8) is 0 Å². The number of nitrogens with one attached hydrogen (secondary N) is 2. The lowest BCUT2D eigenvalue weighted by Crippen LogP contribution is -2.65. The molecular formula is C32H31F6N5O7S. The number of amides is 1. The summed E-state index contributed by atoms with van der Waals surface area (Å²) in [6.07, 6.45) is -10.5. The van der Waals surface area contributed by atoms with Gasteiger partial charge in [-0.05, 0) is 74.9 Å². The van der Waals surface area contributed by atoms with Crippen molar-refractivity contribution < 1.29 is 61.2 Å². The SMILES string of the molecule is CN(C)c1cc(NC(=S)Nc2cc(C(F)(F)F)cc(C(F)(F)F)c2)c(O)c2c1CC1CC3C(N(C)C)C(=O)C(C(N)=O)=C(O)C3(O)C(=O)C1=C2O. The second kappa shape index (κ2) is 12.4. The molecule has 0 heterocycles. The topological polar surface area (TPSA) is 189 Å². The van der Waals surface area contributed by atoms with Gasteiger partial charge < -0.3 is 41.7 Å². The first kappa shape index (κ1) is 37.4. The van der Waals surface area contributed by atoms with Crippen LogP contribution in [0.25, 0.3) is 5.76 Å². The summed E-state index contributed by atoms with van der Waals surface area (Å²) in [5.74, 6) is -8.59. The molecule has 3 aliphatic rings. The Labute approximate surface area is 290 Å². The molecule has 51 heavy (non-hydrogen) atoms. The van der Waals surface area contributed by atoms with E-state index < -0.39 is 104 Å². The van der Waals surface area contributed by atoms with E-state index in [0.717, 1.165) is 0 Å². The lowest BCUT2D eigenvalue weighted by Gasteiger charge is -2.50. The molecule has 4 unspecified atom stereocenters. The molecule has 2 aromatic rings. The number of fused-ring (bicyclic) bond motifs is 3. The zero-order chi connectivity index (χ0) is 38.3. The number of hydrogen-bond donors (Lipinski definition) is 7. The largest absolute Gasteiger partial charge is 0.508 e. The number of alkyl halides is 6. The molecule has 0 aliphatic heterocycles. The fourth-order valence-corrected chi connectivity index (χ4v) is 7.33. The number of aromatic hydroxyl groups is 1. The van der Waals surface area contributed by atoms with Crippen LogP contribution >= 0.6 is 12.2 Å². The number of nitrogens with two attached hydrogens (primary N) is 1. The van der Waals surface area contributed by atoms with Crippen molar-refractivity contribution in [2.75, 3.05) is 43.7 Å². The summed E-state index contributed by atoms with van der Waals surface area (Å²) < 4.78 is 80.4. The van der Waals surface area contributed by atoms with Crippen molar-refractivity contribution >= 4 is 57.6 Å². The monoisotopic (exact) mass is 743 g/mol. The van der Waals surface area contributed by atoms with Crippen LogP contribution in [0.15, 0.2) is 41.2 Å². The average Bonchev–Trinajstić information content (AvgIpc) is 2.98. The number of phenolic OH excluding ortho intramolecular Hbond substituents is 1. The molecule has 8 N–H and O–H groups in total. The number of rotatable bonds is 5. The number of aliphatic hydroxyl groups is 3. The fourth-order valence-electron chi connectivity index (χ4n) is 7.10. The number of likely N-dealkylation sites (N-methyl/N-ethyl adjacent to an activating group) is 1. The standard InChI is InChI=1S/C32H31F6N5O7S/c1-42(2)18-10-17(41-29(51)40-14-8-12(31(33,34)35)7-13(9-14)32(36,37)38)23(44)20-15(18)5-11-6-16-22(43(3)4)25(46)21(28(39)49)27(48)30(16,50)26(47)19(11)24(20)45/h7-11,16,22,44-45,48,50H,5-6H2,1-4H3,(H2,39,49)(H2,40,41,51). The zero-order valence-electron chi connectivity index (χ0n) is 27.1. The highest BCUT2D eigenvalue weighted by atomic mass is 32.1. The summed E-state index contributed by atoms with van der Waals surface area (Å²) in [6, 6.07) is 0.795. The number of hydrogen-bond acceptors (Lipinski definition) is 10. The van der Waals surface area contributed by atoms with Gasteiger partial charge in [0.05, 0.1) is 28.4 Å². The average molecular weight is 744 g/mol. The van der Waals surface area contributed by atoms with Gasteiger partial charge >= 0.3 is 12.4 Å². The number of ketones is 2. The number of carbonyl (C=O) groups excluding carboxylic acids is 3. The molecule has 0 spiro atoms. The van der Waals surface area contributed by atoms with Crippen molar-refractivity contribution in [3.05, 3.63) is 63.4 Å². The van der Waals surface area contributed by atoms with Gasteiger partial charge in [-0.25, -0.2) is 0 Å². The Morgan fingerprint density at radius 2 is 1.53 bits per heavy atom. The Morgan fingerprint density at radius 1 is 0.961 bits per heavy atom. The molecule has 5 rings (SSSR count). The minimum absolute atomic E-state index is 0.0525. The maximum Gasteiger partial charge on any atom is 0.416 e. The summed E-state index contributed by atoms with van der Waals surface area (Å²) in [4.78, 5) is 42.6. The van der Waals surface area contributed by atoms with Crippen molar-refractivity contribution in [2.24, 2.45) is 17.6 Å². The van der Waals surface area contributed by atoms with E-state index in [9.17, 15) is 61.2 Å². The number of Topliss-reactive ketones (excluding diaryl/α,β-unsaturated/α-hetero) is 2. The number of aliphatic hydroxyl groups excluding tert-OH is 2. The van der Waals surface area contributed by atoms with Crippen LogP contribution in [-0.2, 0) is 33.2 Å². The summed E-state index contributed by atoms with van der Waals surface area (Å²) in [6.45, 7) is 0. The molecule has 1 saturated carbocycles. The van der Waals surface area contributed by atoms with Crippen LogP contribution in [0.1, 0.15) is 28.7 Å². The van der Waals surface area contributed by atoms with E-state index in [1.807, 2.05) is 0 Å². The summed E-state index contributed by atoms with van der Waals surface area (Å²) in [7, 11) is 6.11. The molecule has 1 amide bonds. The molecule has 12 nitrogen and oxygen atoms in total. The number of anilines is 3. The number of thiocarbonyl (C=S) groups is 1. The quantitative estimate of drug-likeness (QED) is 0.102. The van der Waals surface area contributed by atoms with Gasteiger partial charge in [0, 0.05) is 37.0 Å². The molecule has 0 radical (unpaired) electrons. The predicted octanol–water partition coefficient (Wildman–Crippen LogP) is 3.88. The molecular weight excluding hydrogens is 712 g/mol. The molecule has 274 valence electrons. The van der Waals surface area contributed by atoms with Crippen LogP contribution in [0.4, 0.5) is 43.4 Å². The van der Waals surface area contributed by atoms with E-state index in [4.69, 9.17) is 18.0 Å². The zero-order valence-corrected chi connectivity index (χ0v) is 27.9. The number of primary amides is 1. The predicted molar refractivity (Wildman–Crippen MR) is 175 cm³/mol. The van der Waals surface area contributed by atoms with Crippen molar-refractivity contribution in [1.82, 2.24) is 4.90 Å². The van der Waals surface area contributed by atoms with Crippen molar-refractivity contribution in [2.45, 2.75) is 36.8 Å². The highest BCUT2D eigenvalue weighted by molar-refractivity contribution is 7.80. The van der Waals surface area contributed by atoms with Gasteiger partial charge in [-0.1, -0.05) is 0 Å². The van der Waals surface area contributed by atoms with Gasteiger partial charge in [-0.2, -0.15) is 26.3 Å². The molecule has 0 bridgehead atoms. The van der Waals surface area contributed by atoms with E-state index in [-0.39, 0.29) is 30.2 Å². The van der Waals surface area contributed by atoms with Crippen LogP contribution < -0.4 is 21.3 Å². The normalized spacial score (nSPS) is 23.5. The number of benzene rings is 2. The maximum atomic E-state index is 14.1. The van der Waals surface area contributed by atoms with Crippen LogP contribution in [-0.4, -0.2) is 87.7 Å². The Hall–Kier alpha value is -4.88. The Balaban J connectivity index is 1.60. The van der Waals surface area contributed by atoms with Gasteiger partial charge in [0.15, 0.2) is 16.5 Å². The molecule has 19 heteroatoms. The van der Waals surface area contributed by atoms with Crippen LogP contribution in [0.3, 0.4) is 0 Å². The number of phenols is 1. The molecule has 4 atom stereocenters. The summed E-state index contributed by atoms with van der Waals surface area (Å²) in [5, 5.41) is 50.0. The molecule has 0 aromatic heterocycles.